The fourth-order valence-electron chi connectivity index (χ4n) is 2.85. The number of aromatic nitrogens is 1. The Labute approximate surface area is 129 Å². The van der Waals surface area contributed by atoms with Crippen LogP contribution < -0.4 is 5.32 Å². The lowest BCUT2D eigenvalue weighted by Crippen LogP contribution is -2.19. The number of nitrogens with zero attached hydrogens (tertiary/aromatic N) is 2. The number of aryl methyl sites for hydroxylation is 3. The second kappa shape index (κ2) is 5.87. The van der Waals surface area contributed by atoms with Gasteiger partial charge in [-0.1, -0.05) is 0 Å². The van der Waals surface area contributed by atoms with Crippen LogP contribution in [0.3, 0.4) is 0 Å². The normalized spacial score (nSPS) is 14.5. The van der Waals surface area contributed by atoms with Gasteiger partial charge in [-0.25, -0.2) is 4.98 Å². The van der Waals surface area contributed by atoms with E-state index in [9.17, 15) is 5.26 Å². The van der Waals surface area contributed by atoms with Gasteiger partial charge in [-0.05, 0) is 56.9 Å². The minimum Gasteiger partial charge on any atom is -0.366 e. The molecule has 4 heteroatoms. The van der Waals surface area contributed by atoms with Crippen LogP contribution >= 0.6 is 11.3 Å². The summed E-state index contributed by atoms with van der Waals surface area (Å²) in [6.45, 7) is 4.27. The third kappa shape index (κ3) is 3.08. The van der Waals surface area contributed by atoms with E-state index in [4.69, 9.17) is 0 Å². The van der Waals surface area contributed by atoms with Gasteiger partial charge in [0.05, 0.1) is 5.56 Å². The van der Waals surface area contributed by atoms with Gasteiger partial charge >= 0.3 is 0 Å². The summed E-state index contributed by atoms with van der Waals surface area (Å²) in [5.41, 5.74) is 3.08. The minimum absolute atomic E-state index is 0.266. The van der Waals surface area contributed by atoms with Gasteiger partial charge in [-0.15, -0.1) is 11.3 Å². The monoisotopic (exact) mass is 297 g/mol. The molecule has 0 aromatic carbocycles. The second-order valence-corrected chi connectivity index (χ2v) is 7.09. The summed E-state index contributed by atoms with van der Waals surface area (Å²) in [4.78, 5) is 7.39. The van der Waals surface area contributed by atoms with E-state index in [-0.39, 0.29) is 6.04 Å². The molecule has 3 rings (SSSR count). The topological polar surface area (TPSA) is 48.7 Å². The minimum atomic E-state index is 0.266. The van der Waals surface area contributed by atoms with Crippen molar-refractivity contribution in [3.05, 3.63) is 44.8 Å². The fraction of sp³-hybridized carbons (Fsp3) is 0.412. The van der Waals surface area contributed by atoms with Gasteiger partial charge in [-0.2, -0.15) is 5.26 Å². The Morgan fingerprint density at radius 2 is 2.29 bits per heavy atom. The zero-order chi connectivity index (χ0) is 14.8. The molecule has 0 bridgehead atoms. The molecule has 21 heavy (non-hydrogen) atoms. The first kappa shape index (κ1) is 14.1. The zero-order valence-corrected chi connectivity index (χ0v) is 13.3. The molecule has 1 unspecified atom stereocenters. The van der Waals surface area contributed by atoms with E-state index in [2.05, 4.69) is 42.4 Å². The maximum absolute atomic E-state index is 9.33. The molecule has 1 aliphatic rings. The average molecular weight is 297 g/mol. The van der Waals surface area contributed by atoms with Crippen molar-refractivity contribution >= 4 is 17.2 Å². The van der Waals surface area contributed by atoms with Crippen molar-refractivity contribution in [1.82, 2.24) is 4.98 Å². The molecule has 0 aliphatic heterocycles. The SMILES string of the molecule is Cc1ccc(CC(C)Nc2nc3c(cc2C#N)CCC3)s1. The Balaban J connectivity index is 1.76. The molecule has 2 aromatic rings. The Hall–Kier alpha value is -1.86. The fourth-order valence-corrected chi connectivity index (χ4v) is 3.87. The van der Waals surface area contributed by atoms with Crippen LogP contribution in [0.5, 0.6) is 0 Å². The molecule has 3 nitrogen and oxygen atoms in total. The molecule has 2 heterocycles. The molecular weight excluding hydrogens is 278 g/mol. The van der Waals surface area contributed by atoms with Gasteiger partial charge in [0.15, 0.2) is 0 Å². The first-order valence-electron chi connectivity index (χ1n) is 7.40. The maximum atomic E-state index is 9.33. The molecule has 0 fully saturated rings. The number of thiophene rings is 1. The summed E-state index contributed by atoms with van der Waals surface area (Å²) < 4.78 is 0. The highest BCUT2D eigenvalue weighted by Gasteiger charge is 2.17. The lowest BCUT2D eigenvalue weighted by Gasteiger charge is -2.15. The quantitative estimate of drug-likeness (QED) is 0.932. The Bertz CT molecular complexity index is 697. The standard InChI is InChI=1S/C17H19N3S/c1-11(8-15-7-6-12(2)21-15)19-17-14(10-18)9-13-4-3-5-16(13)20-17/h6-7,9,11H,3-5,8H2,1-2H3,(H,19,20). The van der Waals surface area contributed by atoms with Gasteiger partial charge in [0.2, 0.25) is 0 Å². The van der Waals surface area contributed by atoms with Crippen molar-refractivity contribution in [2.24, 2.45) is 0 Å². The molecule has 0 saturated carbocycles. The molecule has 0 spiro atoms. The van der Waals surface area contributed by atoms with Crippen LogP contribution in [0.4, 0.5) is 5.82 Å². The van der Waals surface area contributed by atoms with Crippen molar-refractivity contribution in [2.75, 3.05) is 5.32 Å². The smallest absolute Gasteiger partial charge is 0.144 e. The van der Waals surface area contributed by atoms with Crippen molar-refractivity contribution < 1.29 is 0 Å². The van der Waals surface area contributed by atoms with Crippen LogP contribution in [0.15, 0.2) is 18.2 Å². The van der Waals surface area contributed by atoms with E-state index in [0.29, 0.717) is 5.56 Å². The van der Waals surface area contributed by atoms with Crippen molar-refractivity contribution in [3.63, 3.8) is 0 Å². The van der Waals surface area contributed by atoms with Crippen LogP contribution in [0.25, 0.3) is 0 Å². The largest absolute Gasteiger partial charge is 0.366 e. The highest BCUT2D eigenvalue weighted by atomic mass is 32.1. The van der Waals surface area contributed by atoms with Crippen molar-refractivity contribution in [1.29, 1.82) is 5.26 Å². The highest BCUT2D eigenvalue weighted by Crippen LogP contribution is 2.26. The molecule has 0 saturated heterocycles. The molecule has 0 radical (unpaired) electrons. The maximum Gasteiger partial charge on any atom is 0.144 e. The molecular formula is C17H19N3S. The summed E-state index contributed by atoms with van der Waals surface area (Å²) in [5, 5.41) is 12.7. The van der Waals surface area contributed by atoms with E-state index in [1.54, 1.807) is 0 Å². The number of hydrogen-bond donors (Lipinski definition) is 1. The Morgan fingerprint density at radius 3 is 3.00 bits per heavy atom. The third-order valence-electron chi connectivity index (χ3n) is 3.86. The Kier molecular flexibility index (Phi) is 3.94. The van der Waals surface area contributed by atoms with Crippen LogP contribution in [-0.4, -0.2) is 11.0 Å². The van der Waals surface area contributed by atoms with Gasteiger partial charge in [-0.3, -0.25) is 0 Å². The molecule has 1 aliphatic carbocycles. The summed E-state index contributed by atoms with van der Waals surface area (Å²) in [6, 6.07) is 8.89. The van der Waals surface area contributed by atoms with E-state index in [1.807, 2.05) is 17.4 Å². The molecule has 108 valence electrons. The van der Waals surface area contributed by atoms with E-state index in [1.165, 1.54) is 15.3 Å². The van der Waals surface area contributed by atoms with Crippen molar-refractivity contribution in [2.45, 2.75) is 45.6 Å². The number of fused-ring (bicyclic) bond motifs is 1. The predicted octanol–water partition coefficient (Wildman–Crippen LogP) is 3.86. The summed E-state index contributed by atoms with van der Waals surface area (Å²) >= 11 is 1.83. The predicted molar refractivity (Wildman–Crippen MR) is 86.8 cm³/mol. The number of nitriles is 1. The average Bonchev–Trinajstić information content (AvgIpc) is 3.06. The molecule has 2 aromatic heterocycles. The number of hydrogen-bond acceptors (Lipinski definition) is 4. The van der Waals surface area contributed by atoms with E-state index < -0.39 is 0 Å². The summed E-state index contributed by atoms with van der Waals surface area (Å²) in [5.74, 6) is 0.749. The van der Waals surface area contributed by atoms with Crippen LogP contribution in [-0.2, 0) is 19.3 Å². The number of nitrogens with one attached hydrogen (secondary N) is 1. The zero-order valence-electron chi connectivity index (χ0n) is 12.4. The summed E-state index contributed by atoms with van der Waals surface area (Å²) in [7, 11) is 0. The van der Waals surface area contributed by atoms with Crippen LogP contribution in [0.1, 0.15) is 39.9 Å². The van der Waals surface area contributed by atoms with Gasteiger partial charge in [0.1, 0.15) is 11.9 Å². The van der Waals surface area contributed by atoms with Crippen molar-refractivity contribution in [3.8, 4) is 6.07 Å². The lowest BCUT2D eigenvalue weighted by molar-refractivity contribution is 0.791. The van der Waals surface area contributed by atoms with Crippen LogP contribution in [0, 0.1) is 18.3 Å². The van der Waals surface area contributed by atoms with Gasteiger partial charge < -0.3 is 5.32 Å². The summed E-state index contributed by atoms with van der Waals surface area (Å²) in [6.07, 6.45) is 4.21. The molecule has 1 N–H and O–H groups in total. The van der Waals surface area contributed by atoms with Gasteiger partial charge in [0.25, 0.3) is 0 Å². The van der Waals surface area contributed by atoms with Gasteiger partial charge in [0, 0.05) is 27.9 Å². The number of pyridine rings is 1. The second-order valence-electron chi connectivity index (χ2n) is 5.72. The lowest BCUT2D eigenvalue weighted by atomic mass is 10.1. The first-order chi connectivity index (χ1) is 10.2. The molecule has 0 amide bonds. The van der Waals surface area contributed by atoms with E-state index >= 15 is 0 Å². The first-order valence-corrected chi connectivity index (χ1v) is 8.22. The van der Waals surface area contributed by atoms with Crippen LogP contribution in [0.2, 0.25) is 0 Å². The number of rotatable bonds is 4. The highest BCUT2D eigenvalue weighted by molar-refractivity contribution is 7.11. The van der Waals surface area contributed by atoms with E-state index in [0.717, 1.165) is 37.2 Å². The Morgan fingerprint density at radius 1 is 1.43 bits per heavy atom. The molecule has 1 atom stereocenters. The third-order valence-corrected chi connectivity index (χ3v) is 4.88. The number of anilines is 1.